The number of ether oxygens (including phenoxy) is 1. The van der Waals surface area contributed by atoms with Crippen LogP contribution >= 0.6 is 11.3 Å². The van der Waals surface area contributed by atoms with Gasteiger partial charge in [-0.2, -0.15) is 0 Å². The SMILES string of the molecule is CCOc1cccc(-c2nc(CNCC(C)C)cs2)c1. The van der Waals surface area contributed by atoms with Crippen molar-refractivity contribution in [3.8, 4) is 16.3 Å². The van der Waals surface area contributed by atoms with Gasteiger partial charge in [-0.25, -0.2) is 4.98 Å². The molecule has 0 fully saturated rings. The zero-order chi connectivity index (χ0) is 14.4. The van der Waals surface area contributed by atoms with Gasteiger partial charge in [0.15, 0.2) is 0 Å². The highest BCUT2D eigenvalue weighted by molar-refractivity contribution is 7.13. The fraction of sp³-hybridized carbons (Fsp3) is 0.438. The van der Waals surface area contributed by atoms with Crippen molar-refractivity contribution in [3.05, 3.63) is 35.3 Å². The molecule has 0 bridgehead atoms. The molecule has 0 radical (unpaired) electrons. The van der Waals surface area contributed by atoms with Crippen molar-refractivity contribution in [2.75, 3.05) is 13.2 Å². The Bertz CT molecular complexity index is 537. The summed E-state index contributed by atoms with van der Waals surface area (Å²) in [6.45, 7) is 8.95. The third-order valence-corrected chi connectivity index (χ3v) is 3.74. The van der Waals surface area contributed by atoms with Crippen molar-refractivity contribution in [2.45, 2.75) is 27.3 Å². The van der Waals surface area contributed by atoms with E-state index in [1.165, 1.54) is 0 Å². The number of hydrogen-bond acceptors (Lipinski definition) is 4. The first kappa shape index (κ1) is 15.0. The summed E-state index contributed by atoms with van der Waals surface area (Å²) in [6.07, 6.45) is 0. The third kappa shape index (κ3) is 4.32. The van der Waals surface area contributed by atoms with Crippen LogP contribution < -0.4 is 10.1 Å². The maximum absolute atomic E-state index is 5.53. The van der Waals surface area contributed by atoms with Crippen molar-refractivity contribution in [1.29, 1.82) is 0 Å². The second-order valence-electron chi connectivity index (χ2n) is 5.13. The lowest BCUT2D eigenvalue weighted by molar-refractivity contribution is 0.340. The Morgan fingerprint density at radius 2 is 2.20 bits per heavy atom. The molecule has 108 valence electrons. The predicted octanol–water partition coefficient (Wildman–Crippen LogP) is 3.95. The van der Waals surface area contributed by atoms with Crippen LogP contribution in [0.5, 0.6) is 5.75 Å². The second kappa shape index (κ2) is 7.41. The quantitative estimate of drug-likeness (QED) is 0.838. The van der Waals surface area contributed by atoms with Gasteiger partial charge in [0.2, 0.25) is 0 Å². The number of hydrogen-bond donors (Lipinski definition) is 1. The normalized spacial score (nSPS) is 11.0. The van der Waals surface area contributed by atoms with E-state index in [0.717, 1.165) is 35.1 Å². The van der Waals surface area contributed by atoms with E-state index in [2.05, 4.69) is 35.6 Å². The van der Waals surface area contributed by atoms with Gasteiger partial charge in [-0.15, -0.1) is 11.3 Å². The molecule has 2 rings (SSSR count). The van der Waals surface area contributed by atoms with E-state index < -0.39 is 0 Å². The zero-order valence-corrected chi connectivity index (χ0v) is 13.2. The highest BCUT2D eigenvalue weighted by Crippen LogP contribution is 2.26. The first-order valence-electron chi connectivity index (χ1n) is 7.07. The van der Waals surface area contributed by atoms with Crippen LogP contribution in [0.25, 0.3) is 10.6 Å². The summed E-state index contributed by atoms with van der Waals surface area (Å²) in [5.41, 5.74) is 2.23. The van der Waals surface area contributed by atoms with Gasteiger partial charge in [0.1, 0.15) is 10.8 Å². The number of rotatable bonds is 7. The molecule has 0 saturated heterocycles. The van der Waals surface area contributed by atoms with E-state index in [1.807, 2.05) is 25.1 Å². The first-order chi connectivity index (χ1) is 9.69. The van der Waals surface area contributed by atoms with E-state index in [-0.39, 0.29) is 0 Å². The van der Waals surface area contributed by atoms with Crippen molar-refractivity contribution in [1.82, 2.24) is 10.3 Å². The van der Waals surface area contributed by atoms with Gasteiger partial charge >= 0.3 is 0 Å². The van der Waals surface area contributed by atoms with Gasteiger partial charge in [0.25, 0.3) is 0 Å². The minimum Gasteiger partial charge on any atom is -0.494 e. The Morgan fingerprint density at radius 1 is 1.35 bits per heavy atom. The topological polar surface area (TPSA) is 34.1 Å². The van der Waals surface area contributed by atoms with Gasteiger partial charge in [0.05, 0.1) is 12.3 Å². The largest absolute Gasteiger partial charge is 0.494 e. The van der Waals surface area contributed by atoms with Crippen LogP contribution in [0.4, 0.5) is 0 Å². The molecule has 20 heavy (non-hydrogen) atoms. The maximum atomic E-state index is 5.53. The van der Waals surface area contributed by atoms with Crippen molar-refractivity contribution < 1.29 is 4.74 Å². The molecule has 1 aromatic carbocycles. The van der Waals surface area contributed by atoms with Crippen LogP contribution in [0.1, 0.15) is 26.5 Å². The van der Waals surface area contributed by atoms with Crippen LogP contribution in [-0.4, -0.2) is 18.1 Å². The molecule has 0 saturated carbocycles. The molecule has 1 heterocycles. The minimum absolute atomic E-state index is 0.663. The molecule has 0 atom stereocenters. The fourth-order valence-corrected chi connectivity index (χ4v) is 2.71. The van der Waals surface area contributed by atoms with Gasteiger partial charge in [-0.05, 0) is 31.5 Å². The number of nitrogens with zero attached hydrogens (tertiary/aromatic N) is 1. The van der Waals surface area contributed by atoms with Crippen LogP contribution in [-0.2, 0) is 6.54 Å². The molecule has 0 aliphatic carbocycles. The average molecular weight is 290 g/mol. The van der Waals surface area contributed by atoms with Crippen LogP contribution in [0, 0.1) is 5.92 Å². The molecule has 3 nitrogen and oxygen atoms in total. The van der Waals surface area contributed by atoms with E-state index >= 15 is 0 Å². The number of aromatic nitrogens is 1. The van der Waals surface area contributed by atoms with E-state index in [1.54, 1.807) is 11.3 Å². The van der Waals surface area contributed by atoms with Gasteiger partial charge < -0.3 is 10.1 Å². The van der Waals surface area contributed by atoms with Gasteiger partial charge in [-0.3, -0.25) is 0 Å². The lowest BCUT2D eigenvalue weighted by Crippen LogP contribution is -2.19. The van der Waals surface area contributed by atoms with Crippen LogP contribution in [0.3, 0.4) is 0 Å². The summed E-state index contributed by atoms with van der Waals surface area (Å²) in [4.78, 5) is 4.68. The lowest BCUT2D eigenvalue weighted by Gasteiger charge is -2.05. The highest BCUT2D eigenvalue weighted by atomic mass is 32.1. The minimum atomic E-state index is 0.663. The number of nitrogens with one attached hydrogen (secondary N) is 1. The molecule has 4 heteroatoms. The van der Waals surface area contributed by atoms with Crippen molar-refractivity contribution >= 4 is 11.3 Å². The van der Waals surface area contributed by atoms with E-state index in [9.17, 15) is 0 Å². The van der Waals surface area contributed by atoms with Crippen LogP contribution in [0.15, 0.2) is 29.6 Å². The molecule has 0 amide bonds. The predicted molar refractivity (Wildman–Crippen MR) is 85.3 cm³/mol. The summed E-state index contributed by atoms with van der Waals surface area (Å²) in [7, 11) is 0. The molecule has 0 aliphatic rings. The molecule has 1 N–H and O–H groups in total. The Balaban J connectivity index is 2.02. The monoisotopic (exact) mass is 290 g/mol. The number of thiazole rings is 1. The molecular formula is C16H22N2OS. The molecule has 0 aliphatic heterocycles. The van der Waals surface area contributed by atoms with E-state index in [4.69, 9.17) is 4.74 Å². The third-order valence-electron chi connectivity index (χ3n) is 2.80. The Labute approximate surface area is 125 Å². The smallest absolute Gasteiger partial charge is 0.123 e. The maximum Gasteiger partial charge on any atom is 0.123 e. The Hall–Kier alpha value is -1.39. The van der Waals surface area contributed by atoms with E-state index in [0.29, 0.717) is 12.5 Å². The Kier molecular flexibility index (Phi) is 5.56. The summed E-state index contributed by atoms with van der Waals surface area (Å²) in [5.74, 6) is 1.57. The molecule has 2 aromatic rings. The fourth-order valence-electron chi connectivity index (χ4n) is 1.90. The van der Waals surface area contributed by atoms with Gasteiger partial charge in [0, 0.05) is 17.5 Å². The second-order valence-corrected chi connectivity index (χ2v) is 5.99. The molecule has 0 spiro atoms. The summed E-state index contributed by atoms with van der Waals surface area (Å²) in [5, 5.41) is 6.59. The van der Waals surface area contributed by atoms with Gasteiger partial charge in [-0.1, -0.05) is 26.0 Å². The molecular weight excluding hydrogens is 268 g/mol. The highest BCUT2D eigenvalue weighted by Gasteiger charge is 2.06. The summed E-state index contributed by atoms with van der Waals surface area (Å²) < 4.78 is 5.53. The Morgan fingerprint density at radius 3 is 2.95 bits per heavy atom. The van der Waals surface area contributed by atoms with Crippen molar-refractivity contribution in [3.63, 3.8) is 0 Å². The van der Waals surface area contributed by atoms with Crippen LogP contribution in [0.2, 0.25) is 0 Å². The average Bonchev–Trinajstić information content (AvgIpc) is 2.88. The molecule has 0 unspecified atom stereocenters. The standard InChI is InChI=1S/C16H22N2OS/c1-4-19-15-7-5-6-13(8-15)16-18-14(11-20-16)10-17-9-12(2)3/h5-8,11-12,17H,4,9-10H2,1-3H3. The summed E-state index contributed by atoms with van der Waals surface area (Å²) in [6, 6.07) is 8.12. The first-order valence-corrected chi connectivity index (χ1v) is 7.95. The zero-order valence-electron chi connectivity index (χ0n) is 12.3. The molecule has 1 aromatic heterocycles. The summed E-state index contributed by atoms with van der Waals surface area (Å²) >= 11 is 1.68. The number of benzene rings is 1. The van der Waals surface area contributed by atoms with Crippen molar-refractivity contribution in [2.24, 2.45) is 5.92 Å². The lowest BCUT2D eigenvalue weighted by atomic mass is 10.2.